The predicted molar refractivity (Wildman–Crippen MR) is 69.3 cm³/mol. The summed E-state index contributed by atoms with van der Waals surface area (Å²) in [6.07, 6.45) is -2.88. The Morgan fingerprint density at radius 2 is 1.95 bits per heavy atom. The lowest BCUT2D eigenvalue weighted by Gasteiger charge is -2.35. The summed E-state index contributed by atoms with van der Waals surface area (Å²) < 4.78 is 39.4. The number of halogens is 3. The summed E-state index contributed by atoms with van der Waals surface area (Å²) in [5, 5.41) is 0. The molecule has 0 radical (unpaired) electrons. The van der Waals surface area contributed by atoms with Crippen LogP contribution in [0.1, 0.15) is 0 Å². The maximum absolute atomic E-state index is 11.9. The maximum Gasteiger partial charge on any atom is 0.522 e. The van der Waals surface area contributed by atoms with E-state index in [0.717, 1.165) is 5.82 Å². The van der Waals surface area contributed by atoms with Crippen molar-refractivity contribution in [1.29, 1.82) is 0 Å². The topological polar surface area (TPSA) is 54.6 Å². The van der Waals surface area contributed by atoms with Crippen LogP contribution >= 0.6 is 0 Å². The van der Waals surface area contributed by atoms with Gasteiger partial charge in [0.2, 0.25) is 0 Å². The van der Waals surface area contributed by atoms with Gasteiger partial charge in [-0.25, -0.2) is 4.98 Å². The van der Waals surface area contributed by atoms with Crippen LogP contribution in [0.25, 0.3) is 0 Å². The Labute approximate surface area is 115 Å². The quantitative estimate of drug-likeness (QED) is 0.906. The molecular formula is C12H17F3N4O. The van der Waals surface area contributed by atoms with Crippen molar-refractivity contribution in [2.75, 3.05) is 50.0 Å². The highest BCUT2D eigenvalue weighted by molar-refractivity contribution is 5.62. The predicted octanol–water partition coefficient (Wildman–Crippen LogP) is 1.32. The van der Waals surface area contributed by atoms with Gasteiger partial charge in [0.15, 0.2) is 5.82 Å². The number of aromatic nitrogens is 1. The van der Waals surface area contributed by atoms with E-state index in [1.807, 2.05) is 9.80 Å². The van der Waals surface area contributed by atoms with Gasteiger partial charge in [0.25, 0.3) is 0 Å². The fourth-order valence-electron chi connectivity index (χ4n) is 2.15. The number of nitrogens with zero attached hydrogens (tertiary/aromatic N) is 3. The third-order valence-electron chi connectivity index (χ3n) is 3.16. The number of pyridine rings is 1. The van der Waals surface area contributed by atoms with Crippen LogP contribution in [0.3, 0.4) is 0 Å². The Kier molecular flexibility index (Phi) is 4.66. The number of nitrogens with two attached hydrogens (primary N) is 1. The molecule has 5 nitrogen and oxygen atoms in total. The van der Waals surface area contributed by atoms with E-state index in [0.29, 0.717) is 31.9 Å². The minimum absolute atomic E-state index is 0.269. The smallest absolute Gasteiger partial charge is 0.396 e. The van der Waals surface area contributed by atoms with Crippen molar-refractivity contribution in [2.45, 2.75) is 6.36 Å². The van der Waals surface area contributed by atoms with Gasteiger partial charge in [-0.2, -0.15) is 0 Å². The van der Waals surface area contributed by atoms with Crippen LogP contribution < -0.4 is 10.6 Å². The molecule has 1 fully saturated rings. The van der Waals surface area contributed by atoms with E-state index in [-0.39, 0.29) is 13.2 Å². The minimum atomic E-state index is -4.55. The average molecular weight is 290 g/mol. The number of hydrogen-bond donors (Lipinski definition) is 1. The molecule has 2 N–H and O–H groups in total. The molecule has 0 amide bonds. The van der Waals surface area contributed by atoms with E-state index >= 15 is 0 Å². The lowest BCUT2D eigenvalue weighted by Crippen LogP contribution is -2.48. The molecule has 1 aromatic heterocycles. The molecule has 1 aliphatic heterocycles. The normalized spacial score (nSPS) is 17.4. The highest BCUT2D eigenvalue weighted by atomic mass is 19.4. The van der Waals surface area contributed by atoms with Crippen molar-refractivity contribution in [3.05, 3.63) is 18.3 Å². The van der Waals surface area contributed by atoms with Crippen LogP contribution in [0.15, 0.2) is 18.3 Å². The molecule has 20 heavy (non-hydrogen) atoms. The van der Waals surface area contributed by atoms with Crippen LogP contribution in [0.4, 0.5) is 24.7 Å². The molecule has 0 aliphatic carbocycles. The van der Waals surface area contributed by atoms with Crippen molar-refractivity contribution < 1.29 is 17.9 Å². The first-order valence-corrected chi connectivity index (χ1v) is 6.34. The van der Waals surface area contributed by atoms with Crippen molar-refractivity contribution in [1.82, 2.24) is 9.88 Å². The molecule has 1 aromatic rings. The summed E-state index contributed by atoms with van der Waals surface area (Å²) in [5.74, 6) is 0.735. The monoisotopic (exact) mass is 290 g/mol. The summed E-state index contributed by atoms with van der Waals surface area (Å²) in [5.41, 5.74) is 6.46. The van der Waals surface area contributed by atoms with Gasteiger partial charge < -0.3 is 10.6 Å². The van der Waals surface area contributed by atoms with Gasteiger partial charge in [0.05, 0.1) is 12.3 Å². The van der Waals surface area contributed by atoms with E-state index in [1.54, 1.807) is 18.3 Å². The number of rotatable bonds is 4. The molecule has 2 rings (SSSR count). The summed E-state index contributed by atoms with van der Waals surface area (Å²) >= 11 is 0. The summed E-state index contributed by atoms with van der Waals surface area (Å²) in [4.78, 5) is 8.20. The van der Waals surface area contributed by atoms with Gasteiger partial charge in [-0.15, -0.1) is 13.2 Å². The van der Waals surface area contributed by atoms with Crippen LogP contribution in [0.5, 0.6) is 0 Å². The van der Waals surface area contributed by atoms with Gasteiger partial charge in [0.1, 0.15) is 0 Å². The zero-order chi connectivity index (χ0) is 14.6. The van der Waals surface area contributed by atoms with Gasteiger partial charge in [-0.05, 0) is 12.1 Å². The second kappa shape index (κ2) is 6.27. The zero-order valence-electron chi connectivity index (χ0n) is 10.9. The molecule has 0 bridgehead atoms. The molecule has 2 heterocycles. The highest BCUT2D eigenvalue weighted by Gasteiger charge is 2.29. The largest absolute Gasteiger partial charge is 0.522 e. The van der Waals surface area contributed by atoms with E-state index in [1.165, 1.54) is 0 Å². The third-order valence-corrected chi connectivity index (χ3v) is 3.16. The average Bonchev–Trinajstić information content (AvgIpc) is 2.39. The lowest BCUT2D eigenvalue weighted by atomic mass is 10.3. The van der Waals surface area contributed by atoms with Gasteiger partial charge in [0, 0.05) is 38.9 Å². The number of alkyl halides is 3. The van der Waals surface area contributed by atoms with Crippen LogP contribution in [0, 0.1) is 0 Å². The molecule has 0 spiro atoms. The number of piperazine rings is 1. The van der Waals surface area contributed by atoms with Gasteiger partial charge in [-0.1, -0.05) is 0 Å². The molecule has 0 atom stereocenters. The number of ether oxygens (including phenoxy) is 1. The van der Waals surface area contributed by atoms with Crippen LogP contribution in [-0.4, -0.2) is 55.6 Å². The Hall–Kier alpha value is -1.54. The number of nitrogen functional groups attached to an aromatic ring is 1. The molecule has 8 heteroatoms. The molecule has 0 saturated carbocycles. The summed E-state index contributed by atoms with van der Waals surface area (Å²) in [6, 6.07) is 3.55. The fraction of sp³-hybridized carbons (Fsp3) is 0.583. The molecular weight excluding hydrogens is 273 g/mol. The first-order chi connectivity index (χ1) is 9.46. The minimum Gasteiger partial charge on any atom is -0.396 e. The second-order valence-corrected chi connectivity index (χ2v) is 4.54. The molecule has 112 valence electrons. The Balaban J connectivity index is 1.77. The van der Waals surface area contributed by atoms with Crippen molar-refractivity contribution in [2.24, 2.45) is 0 Å². The Morgan fingerprint density at radius 1 is 1.25 bits per heavy atom. The molecule has 1 aliphatic rings. The highest BCUT2D eigenvalue weighted by Crippen LogP contribution is 2.20. The molecule has 1 saturated heterocycles. The van der Waals surface area contributed by atoms with E-state index < -0.39 is 6.36 Å². The van der Waals surface area contributed by atoms with Crippen LogP contribution in [0.2, 0.25) is 0 Å². The van der Waals surface area contributed by atoms with Gasteiger partial charge in [-0.3, -0.25) is 9.64 Å². The van der Waals surface area contributed by atoms with Gasteiger partial charge >= 0.3 is 6.36 Å². The van der Waals surface area contributed by atoms with E-state index in [2.05, 4.69) is 9.72 Å². The summed E-state index contributed by atoms with van der Waals surface area (Å²) in [6.45, 7) is 2.63. The molecule has 0 aromatic carbocycles. The first kappa shape index (κ1) is 14.9. The van der Waals surface area contributed by atoms with Crippen molar-refractivity contribution >= 4 is 11.5 Å². The second-order valence-electron chi connectivity index (χ2n) is 4.54. The van der Waals surface area contributed by atoms with E-state index in [9.17, 15) is 13.2 Å². The first-order valence-electron chi connectivity index (χ1n) is 6.34. The SMILES string of the molecule is Nc1cccnc1N1CCN(CCOC(F)(F)F)CC1. The fourth-order valence-corrected chi connectivity index (χ4v) is 2.15. The standard InChI is InChI=1S/C12H17F3N4O/c13-12(14,15)20-9-8-18-4-6-19(7-5-18)11-10(16)2-1-3-17-11/h1-3H,4-9,16H2. The zero-order valence-corrected chi connectivity index (χ0v) is 10.9. The maximum atomic E-state index is 11.9. The van der Waals surface area contributed by atoms with Crippen LogP contribution in [-0.2, 0) is 4.74 Å². The Bertz CT molecular complexity index is 433. The lowest BCUT2D eigenvalue weighted by molar-refractivity contribution is -0.325. The third kappa shape index (κ3) is 4.24. The van der Waals surface area contributed by atoms with Crippen molar-refractivity contribution in [3.63, 3.8) is 0 Å². The summed E-state index contributed by atoms with van der Waals surface area (Å²) in [7, 11) is 0. The van der Waals surface area contributed by atoms with E-state index in [4.69, 9.17) is 5.73 Å². The number of anilines is 2. The Morgan fingerprint density at radius 3 is 2.55 bits per heavy atom. The number of hydrogen-bond acceptors (Lipinski definition) is 5. The molecule has 0 unspecified atom stereocenters. The van der Waals surface area contributed by atoms with Crippen molar-refractivity contribution in [3.8, 4) is 0 Å².